The Balaban J connectivity index is 1.13. The summed E-state index contributed by atoms with van der Waals surface area (Å²) in [6, 6.07) is 7.00. The summed E-state index contributed by atoms with van der Waals surface area (Å²) in [5.74, 6) is -2.44. The number of hydrogen-bond acceptors (Lipinski definition) is 24. The van der Waals surface area contributed by atoms with Crippen molar-refractivity contribution >= 4 is 11.0 Å². The van der Waals surface area contributed by atoms with Crippen LogP contribution in [0.3, 0.4) is 0 Å². The number of aliphatic hydroxyl groups is 11. The fraction of sp³-hybridized carbons (Fsp3) is 0.605. The topological polar surface area (TPSA) is 387 Å². The molecular formula is C38H48O24. The fourth-order valence-corrected chi connectivity index (χ4v) is 7.45. The van der Waals surface area contributed by atoms with Crippen molar-refractivity contribution in [1.82, 2.24) is 0 Å². The highest BCUT2D eigenvalue weighted by atomic mass is 16.8. The second-order valence-electron chi connectivity index (χ2n) is 15.3. The minimum Gasteiger partial charge on any atom is -0.508 e. The molecule has 0 aliphatic carbocycles. The van der Waals surface area contributed by atoms with Crippen LogP contribution in [0, 0.1) is 0 Å². The molecule has 62 heavy (non-hydrogen) atoms. The molecule has 24 heteroatoms. The molecule has 4 fully saturated rings. The van der Waals surface area contributed by atoms with Crippen molar-refractivity contribution in [3.8, 4) is 34.3 Å². The van der Waals surface area contributed by atoms with Crippen molar-refractivity contribution in [2.75, 3.05) is 19.8 Å². The Morgan fingerprint density at radius 2 is 1.29 bits per heavy atom. The van der Waals surface area contributed by atoms with Gasteiger partial charge in [0.1, 0.15) is 108 Å². The zero-order valence-electron chi connectivity index (χ0n) is 32.4. The summed E-state index contributed by atoms with van der Waals surface area (Å²) < 4.78 is 51.2. The van der Waals surface area contributed by atoms with Gasteiger partial charge >= 0.3 is 0 Å². The third kappa shape index (κ3) is 8.94. The van der Waals surface area contributed by atoms with Crippen molar-refractivity contribution in [3.63, 3.8) is 0 Å². The molecule has 0 spiro atoms. The number of benzene rings is 2. The molecule has 4 aliphatic heterocycles. The van der Waals surface area contributed by atoms with Gasteiger partial charge in [-0.25, -0.2) is 0 Å². The molecule has 2 aromatic carbocycles. The van der Waals surface area contributed by atoms with Crippen LogP contribution in [0.4, 0.5) is 0 Å². The Bertz CT molecular complexity index is 2050. The van der Waals surface area contributed by atoms with Crippen molar-refractivity contribution < 1.29 is 114 Å². The van der Waals surface area contributed by atoms with E-state index in [0.717, 1.165) is 12.1 Å². The van der Waals surface area contributed by atoms with Gasteiger partial charge in [-0.1, -0.05) is 0 Å². The Morgan fingerprint density at radius 3 is 1.98 bits per heavy atom. The summed E-state index contributed by atoms with van der Waals surface area (Å²) in [6.45, 7) is -0.729. The van der Waals surface area contributed by atoms with Crippen molar-refractivity contribution in [2.24, 2.45) is 0 Å². The van der Waals surface area contributed by atoms with E-state index in [-0.39, 0.29) is 22.7 Å². The fourth-order valence-electron chi connectivity index (χ4n) is 7.45. The van der Waals surface area contributed by atoms with E-state index in [0.29, 0.717) is 0 Å². The molecule has 4 aliphatic rings. The lowest BCUT2D eigenvalue weighted by atomic mass is 9.97. The van der Waals surface area contributed by atoms with E-state index < -0.39 is 165 Å². The van der Waals surface area contributed by atoms with Gasteiger partial charge in [-0.15, -0.1) is 0 Å². The zero-order valence-corrected chi connectivity index (χ0v) is 32.4. The van der Waals surface area contributed by atoms with Gasteiger partial charge < -0.3 is 114 Å². The molecule has 24 nitrogen and oxygen atoms in total. The average Bonchev–Trinajstić information content (AvgIpc) is 3.23. The van der Waals surface area contributed by atoms with Gasteiger partial charge in [0.15, 0.2) is 30.7 Å². The molecule has 14 N–H and O–H groups in total. The van der Waals surface area contributed by atoms with Crippen LogP contribution in [-0.4, -0.2) is 208 Å². The maximum absolute atomic E-state index is 14.0. The standard InChI is InChI=1S/C38H48O24/c1-11-21(44)32(60-35-28(51)22(45)16(43)9-54-35)30(53)36(56-11)55-10-19-24(47)26(49)29(52)37(59-19)62-34-27(50)23(46)18(8-39)58-38(34)61-33-25(48)20-15(42)6-14(41)7-17(20)57-31(33)12-2-4-13(40)5-3-12/h2-7,11,16,18-19,21-24,26-30,32,34-47,49-53H,8-10H2,1H3/t11-,16+,18+,19+,21-,22-,23+,24+,26-,27-,28+,29+,30+,32+,34+,35-,36+,37-,38-/m0/s1. The van der Waals surface area contributed by atoms with Gasteiger partial charge in [-0.3, -0.25) is 4.79 Å². The monoisotopic (exact) mass is 888 g/mol. The predicted octanol–water partition coefficient (Wildman–Crippen LogP) is -5.11. The normalized spacial score (nSPS) is 40.4. The molecule has 19 atom stereocenters. The number of aromatic hydroxyl groups is 3. The number of phenolic OH excluding ortho intramolecular Hbond substituents is 3. The number of ether oxygens (including phenoxy) is 8. The maximum Gasteiger partial charge on any atom is 0.239 e. The highest BCUT2D eigenvalue weighted by Crippen LogP contribution is 2.39. The quantitative estimate of drug-likeness (QED) is 0.0856. The van der Waals surface area contributed by atoms with Crippen LogP contribution in [0.1, 0.15) is 6.92 Å². The molecule has 0 saturated carbocycles. The van der Waals surface area contributed by atoms with Gasteiger partial charge in [-0.05, 0) is 31.2 Å². The van der Waals surface area contributed by atoms with Gasteiger partial charge in [0.25, 0.3) is 0 Å². The van der Waals surface area contributed by atoms with Crippen LogP contribution in [0.25, 0.3) is 22.3 Å². The van der Waals surface area contributed by atoms with Crippen LogP contribution in [0.15, 0.2) is 45.6 Å². The Hall–Kier alpha value is -3.87. The van der Waals surface area contributed by atoms with Crippen LogP contribution in [0.5, 0.6) is 23.0 Å². The van der Waals surface area contributed by atoms with E-state index in [4.69, 9.17) is 42.3 Å². The summed E-state index contributed by atoms with van der Waals surface area (Å²) >= 11 is 0. The van der Waals surface area contributed by atoms with Crippen molar-refractivity contribution in [2.45, 2.75) is 124 Å². The van der Waals surface area contributed by atoms with Gasteiger partial charge in [-0.2, -0.15) is 0 Å². The van der Waals surface area contributed by atoms with E-state index in [1.807, 2.05) is 0 Å². The number of aliphatic hydroxyl groups excluding tert-OH is 11. The molecule has 5 heterocycles. The summed E-state index contributed by atoms with van der Waals surface area (Å²) in [5, 5.41) is 147. The molecule has 3 aromatic rings. The second kappa shape index (κ2) is 18.7. The molecule has 1 aromatic heterocycles. The second-order valence-corrected chi connectivity index (χ2v) is 15.3. The third-order valence-corrected chi connectivity index (χ3v) is 11.0. The lowest BCUT2D eigenvalue weighted by Gasteiger charge is -2.46. The van der Waals surface area contributed by atoms with Gasteiger partial charge in [0.05, 0.1) is 25.9 Å². The Morgan fingerprint density at radius 1 is 0.645 bits per heavy atom. The first-order valence-corrected chi connectivity index (χ1v) is 19.3. The highest BCUT2D eigenvalue weighted by molar-refractivity contribution is 5.88. The summed E-state index contributed by atoms with van der Waals surface area (Å²) in [4.78, 5) is 14.0. The molecule has 0 radical (unpaired) electrons. The Kier molecular flexibility index (Phi) is 13.9. The first-order chi connectivity index (χ1) is 29.4. The number of fused-ring (bicyclic) bond motifs is 1. The maximum atomic E-state index is 14.0. The summed E-state index contributed by atoms with van der Waals surface area (Å²) in [5.41, 5.74) is -1.26. The van der Waals surface area contributed by atoms with Gasteiger partial charge in [0.2, 0.25) is 17.5 Å². The van der Waals surface area contributed by atoms with Crippen LogP contribution < -0.4 is 10.2 Å². The first kappa shape index (κ1) is 46.1. The predicted molar refractivity (Wildman–Crippen MR) is 198 cm³/mol. The molecule has 0 bridgehead atoms. The van der Waals surface area contributed by atoms with Crippen LogP contribution in [0.2, 0.25) is 0 Å². The number of hydrogen-bond donors (Lipinski definition) is 14. The van der Waals surface area contributed by atoms with E-state index in [2.05, 4.69) is 0 Å². The minimum atomic E-state index is -2.11. The molecule has 7 rings (SSSR count). The van der Waals surface area contributed by atoms with E-state index >= 15 is 0 Å². The zero-order chi connectivity index (χ0) is 44.9. The smallest absolute Gasteiger partial charge is 0.239 e. The van der Waals surface area contributed by atoms with E-state index in [1.54, 1.807) is 0 Å². The molecule has 0 amide bonds. The summed E-state index contributed by atoms with van der Waals surface area (Å²) in [6.07, 6.45) is -33.6. The Labute approximate surface area is 349 Å². The minimum absolute atomic E-state index is 0.102. The first-order valence-electron chi connectivity index (χ1n) is 19.3. The molecule has 0 unspecified atom stereocenters. The largest absolute Gasteiger partial charge is 0.508 e. The number of phenols is 3. The van der Waals surface area contributed by atoms with E-state index in [9.17, 15) is 76.3 Å². The third-order valence-electron chi connectivity index (χ3n) is 11.0. The molecule has 4 saturated heterocycles. The summed E-state index contributed by atoms with van der Waals surface area (Å²) in [7, 11) is 0. The number of rotatable bonds is 11. The van der Waals surface area contributed by atoms with Crippen LogP contribution in [-0.2, 0) is 33.2 Å². The lowest BCUT2D eigenvalue weighted by Crippen LogP contribution is -2.65. The highest BCUT2D eigenvalue weighted by Gasteiger charge is 2.53. The van der Waals surface area contributed by atoms with Crippen LogP contribution >= 0.6 is 0 Å². The van der Waals surface area contributed by atoms with E-state index in [1.165, 1.54) is 31.2 Å². The van der Waals surface area contributed by atoms with Gasteiger partial charge in [0, 0.05) is 17.7 Å². The van der Waals surface area contributed by atoms with Crippen molar-refractivity contribution in [3.05, 3.63) is 46.6 Å². The van der Waals surface area contributed by atoms with Crippen molar-refractivity contribution in [1.29, 1.82) is 0 Å². The molecule has 344 valence electrons. The molecular weight excluding hydrogens is 840 g/mol. The average molecular weight is 889 g/mol. The lowest BCUT2D eigenvalue weighted by molar-refractivity contribution is -0.368. The SMILES string of the molecule is C[C@@H]1O[C@@H](OC[C@H]2O[C@@H](O[C@H]3[C@H](Oc4c(-c5ccc(O)cc5)oc5cc(O)cc(O)c5c4=O)O[C@H](CO)[C@@H](O)[C@@H]3O)[C@H](O)[C@@H](O)[C@@H]2O)[C@H](O)[C@H](O[C@@H]2OC[C@@H](O)[C@H](O)[C@H]2O)[C@H]1O.